The normalized spacial score (nSPS) is 23.0. The quantitative estimate of drug-likeness (QED) is 0.505. The summed E-state index contributed by atoms with van der Waals surface area (Å²) < 4.78 is 7.17. The average molecular weight is 468 g/mol. The van der Waals surface area contributed by atoms with Crippen molar-refractivity contribution >= 4 is 38.4 Å². The molecule has 1 aromatic carbocycles. The molecule has 2 aromatic heterocycles. The summed E-state index contributed by atoms with van der Waals surface area (Å²) >= 11 is 1.58. The zero-order valence-electron chi connectivity index (χ0n) is 18.7. The third kappa shape index (κ3) is 5.20. The van der Waals surface area contributed by atoms with Gasteiger partial charge in [-0.15, -0.1) is 0 Å². The molecule has 2 fully saturated rings. The van der Waals surface area contributed by atoms with E-state index in [0.717, 1.165) is 77.9 Å². The maximum Gasteiger partial charge on any atom is 0.217 e. The van der Waals surface area contributed by atoms with Crippen LogP contribution >= 0.6 is 11.3 Å². The number of carbonyl (C=O) groups excluding carboxylic acids is 1. The van der Waals surface area contributed by atoms with Crippen molar-refractivity contribution in [3.63, 3.8) is 0 Å². The van der Waals surface area contributed by atoms with E-state index in [-0.39, 0.29) is 24.1 Å². The first-order chi connectivity index (χ1) is 16.0. The van der Waals surface area contributed by atoms with Crippen LogP contribution in [0.5, 0.6) is 11.5 Å². The number of fused-ring (bicyclic) bond motifs is 1. The Bertz CT molecular complexity index is 1140. The van der Waals surface area contributed by atoms with Crippen LogP contribution in [0.15, 0.2) is 36.5 Å². The van der Waals surface area contributed by atoms with E-state index in [4.69, 9.17) is 4.74 Å². The number of aliphatic hydroxyl groups excluding tert-OH is 1. The van der Waals surface area contributed by atoms with Crippen LogP contribution in [0.1, 0.15) is 39.0 Å². The fraction of sp³-hybridized carbons (Fsp3) is 0.458. The Balaban J connectivity index is 1.26. The number of carbonyl (C=O) groups is 1. The Kier molecular flexibility index (Phi) is 6.32. The average Bonchev–Trinajstić information content (AvgIpc) is 3.41. The van der Waals surface area contributed by atoms with Crippen LogP contribution in [0.3, 0.4) is 0 Å². The highest BCUT2D eigenvalue weighted by molar-refractivity contribution is 7.22. The second kappa shape index (κ2) is 9.52. The van der Waals surface area contributed by atoms with Crippen LogP contribution in [0, 0.1) is 0 Å². The number of hydrogen-bond donors (Lipinski definition) is 3. The van der Waals surface area contributed by atoms with E-state index in [1.165, 1.54) is 0 Å². The van der Waals surface area contributed by atoms with Gasteiger partial charge in [-0.05, 0) is 37.5 Å². The predicted octanol–water partition coefficient (Wildman–Crippen LogP) is 3.91. The Morgan fingerprint density at radius 1 is 1.18 bits per heavy atom. The van der Waals surface area contributed by atoms with Gasteiger partial charge in [0.15, 0.2) is 5.13 Å². The Hall–Kier alpha value is -2.91. The van der Waals surface area contributed by atoms with Crippen LogP contribution < -0.4 is 20.3 Å². The summed E-state index contributed by atoms with van der Waals surface area (Å²) in [5.41, 5.74) is 0.914. The third-order valence-corrected chi connectivity index (χ3v) is 7.22. The molecule has 33 heavy (non-hydrogen) atoms. The lowest BCUT2D eigenvalue weighted by molar-refractivity contribution is -0.119. The number of amides is 1. The van der Waals surface area contributed by atoms with Gasteiger partial charge in [0.25, 0.3) is 0 Å². The van der Waals surface area contributed by atoms with Crippen molar-refractivity contribution in [2.45, 2.75) is 57.2 Å². The van der Waals surface area contributed by atoms with Gasteiger partial charge in [0.2, 0.25) is 5.91 Å². The molecule has 1 saturated carbocycles. The maximum absolute atomic E-state index is 11.3. The molecule has 0 bridgehead atoms. The molecule has 174 valence electrons. The number of ether oxygens (including phenoxy) is 1. The van der Waals surface area contributed by atoms with Gasteiger partial charge in [-0.3, -0.25) is 4.79 Å². The summed E-state index contributed by atoms with van der Waals surface area (Å²) in [5, 5.41) is 17.5. The SMILES string of the molecule is CC(=O)NC1CCN(c2cc(Oc3ccc4nc(N[C@@H]5CCCC[C@H]5O)sc4c3)ccn2)C1. The van der Waals surface area contributed by atoms with Crippen molar-refractivity contribution in [1.82, 2.24) is 15.3 Å². The second-order valence-electron chi connectivity index (χ2n) is 8.84. The number of anilines is 2. The number of nitrogens with one attached hydrogen (secondary N) is 2. The third-order valence-electron chi connectivity index (χ3n) is 6.27. The molecular formula is C24H29N5O3S. The summed E-state index contributed by atoms with van der Waals surface area (Å²) in [6.45, 7) is 3.14. The summed E-state index contributed by atoms with van der Waals surface area (Å²) in [5.74, 6) is 2.30. The fourth-order valence-corrected chi connectivity index (χ4v) is 5.57. The summed E-state index contributed by atoms with van der Waals surface area (Å²) in [6, 6.07) is 9.89. The number of thiazole rings is 1. The minimum absolute atomic E-state index is 0.00127. The molecule has 3 heterocycles. The minimum atomic E-state index is -0.310. The lowest BCUT2D eigenvalue weighted by atomic mass is 9.93. The first-order valence-corrected chi connectivity index (χ1v) is 12.4. The number of rotatable bonds is 6. The lowest BCUT2D eigenvalue weighted by Gasteiger charge is -2.27. The molecule has 1 aliphatic carbocycles. The van der Waals surface area contributed by atoms with Gasteiger partial charge in [0, 0.05) is 44.4 Å². The zero-order valence-corrected chi connectivity index (χ0v) is 19.5. The van der Waals surface area contributed by atoms with Crippen LogP contribution in [0.4, 0.5) is 10.9 Å². The van der Waals surface area contributed by atoms with Gasteiger partial charge in [0.1, 0.15) is 17.3 Å². The van der Waals surface area contributed by atoms with Crippen LogP contribution in [-0.4, -0.2) is 52.3 Å². The molecule has 1 unspecified atom stereocenters. The number of nitrogens with zero attached hydrogens (tertiary/aromatic N) is 3. The van der Waals surface area contributed by atoms with Crippen molar-refractivity contribution < 1.29 is 14.6 Å². The van der Waals surface area contributed by atoms with Crippen molar-refractivity contribution in [1.29, 1.82) is 0 Å². The number of pyridine rings is 1. The van der Waals surface area contributed by atoms with Crippen LogP contribution in [0.2, 0.25) is 0 Å². The summed E-state index contributed by atoms with van der Waals surface area (Å²) in [4.78, 5) is 22.7. The van der Waals surface area contributed by atoms with Crippen molar-refractivity contribution in [2.24, 2.45) is 0 Å². The van der Waals surface area contributed by atoms with Crippen molar-refractivity contribution in [3.05, 3.63) is 36.5 Å². The molecule has 0 spiro atoms. The highest BCUT2D eigenvalue weighted by atomic mass is 32.1. The van der Waals surface area contributed by atoms with E-state index in [1.54, 1.807) is 24.5 Å². The fourth-order valence-electron chi connectivity index (χ4n) is 4.61. The highest BCUT2D eigenvalue weighted by Gasteiger charge is 2.25. The molecule has 3 atom stereocenters. The molecule has 5 rings (SSSR count). The van der Waals surface area contributed by atoms with Gasteiger partial charge in [-0.1, -0.05) is 24.2 Å². The molecule has 9 heteroatoms. The zero-order chi connectivity index (χ0) is 22.8. The predicted molar refractivity (Wildman–Crippen MR) is 130 cm³/mol. The second-order valence-corrected chi connectivity index (χ2v) is 9.87. The molecule has 1 amide bonds. The van der Waals surface area contributed by atoms with E-state index < -0.39 is 0 Å². The van der Waals surface area contributed by atoms with Crippen molar-refractivity contribution in [3.8, 4) is 11.5 Å². The molecule has 2 aliphatic rings. The molecule has 8 nitrogen and oxygen atoms in total. The number of aliphatic hydroxyl groups is 1. The largest absolute Gasteiger partial charge is 0.457 e. The smallest absolute Gasteiger partial charge is 0.217 e. The summed E-state index contributed by atoms with van der Waals surface area (Å²) in [6.07, 6.45) is 6.39. The first kappa shape index (κ1) is 21.9. The Morgan fingerprint density at radius 3 is 2.88 bits per heavy atom. The van der Waals surface area contributed by atoms with E-state index in [1.807, 2.05) is 30.3 Å². The first-order valence-electron chi connectivity index (χ1n) is 11.5. The van der Waals surface area contributed by atoms with E-state index >= 15 is 0 Å². The van der Waals surface area contributed by atoms with E-state index in [2.05, 4.69) is 25.5 Å². The minimum Gasteiger partial charge on any atom is -0.457 e. The van der Waals surface area contributed by atoms with Crippen molar-refractivity contribution in [2.75, 3.05) is 23.3 Å². The maximum atomic E-state index is 11.3. The van der Waals surface area contributed by atoms with Gasteiger partial charge >= 0.3 is 0 Å². The highest BCUT2D eigenvalue weighted by Crippen LogP contribution is 2.33. The molecule has 1 saturated heterocycles. The van der Waals surface area contributed by atoms with Gasteiger partial charge in [-0.2, -0.15) is 0 Å². The molecular weight excluding hydrogens is 438 g/mol. The molecule has 1 aliphatic heterocycles. The molecule has 0 radical (unpaired) electrons. The van der Waals surface area contributed by atoms with Crippen LogP contribution in [0.25, 0.3) is 10.2 Å². The van der Waals surface area contributed by atoms with Gasteiger partial charge in [-0.25, -0.2) is 9.97 Å². The Labute approximate surface area is 197 Å². The van der Waals surface area contributed by atoms with Crippen LogP contribution in [-0.2, 0) is 4.79 Å². The van der Waals surface area contributed by atoms with Gasteiger partial charge in [0.05, 0.1) is 22.4 Å². The molecule has 3 aromatic rings. The topological polar surface area (TPSA) is 99.6 Å². The lowest BCUT2D eigenvalue weighted by Crippen LogP contribution is -2.36. The Morgan fingerprint density at radius 2 is 2.03 bits per heavy atom. The van der Waals surface area contributed by atoms with Gasteiger partial charge < -0.3 is 25.4 Å². The van der Waals surface area contributed by atoms with E-state index in [9.17, 15) is 9.90 Å². The standard InChI is InChI=1S/C24H29N5O3S/c1-15(30)26-16-9-11-29(14-16)23-13-18(8-10-25-23)32-17-6-7-20-22(12-17)33-24(28-20)27-19-4-2-3-5-21(19)31/h6-8,10,12-13,16,19,21,31H,2-5,9,11,14H2,1H3,(H,26,30)(H,27,28)/t16?,19-,21-/m1/s1. The summed E-state index contributed by atoms with van der Waals surface area (Å²) in [7, 11) is 0. The number of hydrogen-bond acceptors (Lipinski definition) is 8. The van der Waals surface area contributed by atoms with E-state index in [0.29, 0.717) is 0 Å². The molecule has 3 N–H and O–H groups in total. The number of benzene rings is 1. The number of aromatic nitrogens is 2. The monoisotopic (exact) mass is 467 g/mol.